The Morgan fingerprint density at radius 2 is 1.96 bits per heavy atom. The van der Waals surface area contributed by atoms with Crippen molar-refractivity contribution in [3.63, 3.8) is 0 Å². The monoisotopic (exact) mass is 354 g/mol. The van der Waals surface area contributed by atoms with Gasteiger partial charge in [0, 0.05) is 24.9 Å². The summed E-state index contributed by atoms with van der Waals surface area (Å²) in [6, 6.07) is 13.4. The third kappa shape index (κ3) is 2.48. The van der Waals surface area contributed by atoms with Crippen molar-refractivity contribution in [3.8, 4) is 5.75 Å². The van der Waals surface area contributed by atoms with Gasteiger partial charge in [0.05, 0.1) is 29.1 Å². The molecule has 2 heterocycles. The molecule has 128 valence electrons. The minimum atomic E-state index is 0.00573. The number of carbonyl (C=O) groups excluding carboxylic acids is 1. The van der Waals surface area contributed by atoms with Crippen molar-refractivity contribution in [1.82, 2.24) is 4.90 Å². The zero-order chi connectivity index (χ0) is 17.6. The van der Waals surface area contributed by atoms with Gasteiger partial charge in [0.2, 0.25) is 0 Å². The molecule has 5 heteroatoms. The zero-order valence-electron chi connectivity index (χ0n) is 14.3. The Labute approximate surface area is 152 Å². The predicted molar refractivity (Wildman–Crippen MR) is 100 cm³/mol. The number of benzene rings is 2. The van der Waals surface area contributed by atoms with Gasteiger partial charge in [0.25, 0.3) is 5.91 Å². The number of amides is 1. The molecule has 0 N–H and O–H groups in total. The molecule has 0 spiro atoms. The SMILES string of the molecule is COc1ccc(N2C(=O)/C(=C3\CCCN3C)c3ccccc32)cc1Cl. The Morgan fingerprint density at radius 3 is 2.64 bits per heavy atom. The molecule has 1 saturated heterocycles. The topological polar surface area (TPSA) is 32.8 Å². The van der Waals surface area contributed by atoms with Crippen molar-refractivity contribution >= 4 is 34.5 Å². The van der Waals surface area contributed by atoms with Crippen LogP contribution in [0, 0.1) is 0 Å². The number of nitrogens with zero attached hydrogens (tertiary/aromatic N) is 2. The molecule has 0 atom stereocenters. The van der Waals surface area contributed by atoms with Crippen LogP contribution in [-0.4, -0.2) is 31.5 Å². The number of carbonyl (C=O) groups is 1. The number of ether oxygens (including phenoxy) is 1. The van der Waals surface area contributed by atoms with Crippen LogP contribution in [0.5, 0.6) is 5.75 Å². The van der Waals surface area contributed by atoms with E-state index in [-0.39, 0.29) is 5.91 Å². The number of para-hydroxylation sites is 1. The largest absolute Gasteiger partial charge is 0.495 e. The molecule has 0 aromatic heterocycles. The van der Waals surface area contributed by atoms with Gasteiger partial charge in [0.1, 0.15) is 5.75 Å². The first-order valence-corrected chi connectivity index (χ1v) is 8.71. The minimum Gasteiger partial charge on any atom is -0.495 e. The highest BCUT2D eigenvalue weighted by molar-refractivity contribution is 6.36. The second-order valence-electron chi connectivity index (χ2n) is 6.32. The van der Waals surface area contributed by atoms with E-state index in [1.807, 2.05) is 30.3 Å². The van der Waals surface area contributed by atoms with Gasteiger partial charge in [-0.3, -0.25) is 9.69 Å². The van der Waals surface area contributed by atoms with Gasteiger partial charge in [0.15, 0.2) is 0 Å². The second-order valence-corrected chi connectivity index (χ2v) is 6.73. The van der Waals surface area contributed by atoms with Gasteiger partial charge >= 0.3 is 0 Å². The number of fused-ring (bicyclic) bond motifs is 1. The van der Waals surface area contributed by atoms with Gasteiger partial charge in [-0.05, 0) is 37.1 Å². The van der Waals surface area contributed by atoms with Gasteiger partial charge < -0.3 is 9.64 Å². The first-order valence-electron chi connectivity index (χ1n) is 8.33. The van der Waals surface area contributed by atoms with Crippen LogP contribution in [0.25, 0.3) is 5.57 Å². The van der Waals surface area contributed by atoms with Crippen LogP contribution in [-0.2, 0) is 4.79 Å². The molecule has 1 amide bonds. The van der Waals surface area contributed by atoms with E-state index in [1.54, 1.807) is 24.1 Å². The molecule has 25 heavy (non-hydrogen) atoms. The highest BCUT2D eigenvalue weighted by atomic mass is 35.5. The number of methoxy groups -OCH3 is 1. The molecule has 0 bridgehead atoms. The van der Waals surface area contributed by atoms with Crippen molar-refractivity contribution in [2.45, 2.75) is 12.8 Å². The van der Waals surface area contributed by atoms with Crippen LogP contribution in [0.2, 0.25) is 5.02 Å². The summed E-state index contributed by atoms with van der Waals surface area (Å²) in [5.74, 6) is 0.602. The van der Waals surface area contributed by atoms with Crippen molar-refractivity contribution in [1.29, 1.82) is 0 Å². The van der Waals surface area contributed by atoms with Crippen LogP contribution in [0.15, 0.2) is 48.2 Å². The van der Waals surface area contributed by atoms with E-state index in [0.29, 0.717) is 10.8 Å². The van der Waals surface area contributed by atoms with Crippen molar-refractivity contribution in [2.75, 3.05) is 25.6 Å². The number of allylic oxidation sites excluding steroid dienone is 1. The smallest absolute Gasteiger partial charge is 0.265 e. The minimum absolute atomic E-state index is 0.00573. The fraction of sp³-hybridized carbons (Fsp3) is 0.250. The number of rotatable bonds is 2. The third-order valence-electron chi connectivity index (χ3n) is 4.88. The predicted octanol–water partition coefficient (Wildman–Crippen LogP) is 4.46. The quantitative estimate of drug-likeness (QED) is 0.746. The summed E-state index contributed by atoms with van der Waals surface area (Å²) in [4.78, 5) is 17.3. The molecule has 0 radical (unpaired) electrons. The molecule has 2 aliphatic heterocycles. The molecule has 0 aliphatic carbocycles. The molecule has 2 aromatic carbocycles. The number of halogens is 1. The van der Waals surface area contributed by atoms with E-state index in [2.05, 4.69) is 11.9 Å². The number of hydrogen-bond donors (Lipinski definition) is 0. The molecule has 4 rings (SSSR count). The lowest BCUT2D eigenvalue weighted by atomic mass is 10.0. The van der Waals surface area contributed by atoms with Crippen molar-refractivity contribution in [3.05, 3.63) is 58.7 Å². The fourth-order valence-electron chi connectivity index (χ4n) is 3.67. The molecule has 4 nitrogen and oxygen atoms in total. The van der Waals surface area contributed by atoms with Crippen molar-refractivity contribution < 1.29 is 9.53 Å². The Kier molecular flexibility index (Phi) is 3.92. The van der Waals surface area contributed by atoms with Gasteiger partial charge in [-0.2, -0.15) is 0 Å². The van der Waals surface area contributed by atoms with E-state index in [1.165, 1.54) is 0 Å². The van der Waals surface area contributed by atoms with Crippen LogP contribution in [0.3, 0.4) is 0 Å². The van der Waals surface area contributed by atoms with Crippen LogP contribution >= 0.6 is 11.6 Å². The Morgan fingerprint density at radius 1 is 1.16 bits per heavy atom. The van der Waals surface area contributed by atoms with E-state index >= 15 is 0 Å². The third-order valence-corrected chi connectivity index (χ3v) is 5.18. The molecular formula is C20H19ClN2O2. The summed E-state index contributed by atoms with van der Waals surface area (Å²) in [5.41, 5.74) is 4.57. The summed E-state index contributed by atoms with van der Waals surface area (Å²) < 4.78 is 5.22. The summed E-state index contributed by atoms with van der Waals surface area (Å²) in [6.07, 6.45) is 2.02. The summed E-state index contributed by atoms with van der Waals surface area (Å²) in [5, 5.41) is 0.490. The summed E-state index contributed by atoms with van der Waals surface area (Å²) >= 11 is 6.29. The van der Waals surface area contributed by atoms with Crippen LogP contribution in [0.4, 0.5) is 11.4 Å². The number of anilines is 2. The standard InChI is InChI=1S/C20H19ClN2O2/c1-22-11-5-8-17(22)19-14-6-3-4-7-16(14)23(20(19)24)13-9-10-18(25-2)15(21)12-13/h3-4,6-7,9-10,12H,5,8,11H2,1-2H3/b19-17+. The Bertz CT molecular complexity index is 891. The maximum Gasteiger partial charge on any atom is 0.265 e. The highest BCUT2D eigenvalue weighted by Crippen LogP contribution is 2.45. The lowest BCUT2D eigenvalue weighted by Gasteiger charge is -2.19. The Balaban J connectivity index is 1.88. The average molecular weight is 355 g/mol. The van der Waals surface area contributed by atoms with E-state index in [9.17, 15) is 4.79 Å². The molecule has 2 aromatic rings. The number of likely N-dealkylation sites (tertiary alicyclic amines) is 1. The maximum atomic E-state index is 13.3. The zero-order valence-corrected chi connectivity index (χ0v) is 15.0. The average Bonchev–Trinajstić information content (AvgIpc) is 3.14. The summed E-state index contributed by atoms with van der Waals surface area (Å²) in [6.45, 7) is 0.989. The normalized spacial score (nSPS) is 19.6. The number of hydrogen-bond acceptors (Lipinski definition) is 3. The Hall–Kier alpha value is -2.46. The first kappa shape index (κ1) is 16.0. The lowest BCUT2D eigenvalue weighted by Crippen LogP contribution is -2.22. The summed E-state index contributed by atoms with van der Waals surface area (Å²) in [7, 11) is 3.63. The van der Waals surface area contributed by atoms with Gasteiger partial charge in [-0.25, -0.2) is 0 Å². The van der Waals surface area contributed by atoms with E-state index < -0.39 is 0 Å². The molecule has 0 unspecified atom stereocenters. The molecule has 0 saturated carbocycles. The maximum absolute atomic E-state index is 13.3. The second kappa shape index (κ2) is 6.12. The lowest BCUT2D eigenvalue weighted by molar-refractivity contribution is -0.112. The molecule has 2 aliphatic rings. The first-order chi connectivity index (χ1) is 12.1. The van der Waals surface area contributed by atoms with Crippen molar-refractivity contribution in [2.24, 2.45) is 0 Å². The fourth-order valence-corrected chi connectivity index (χ4v) is 3.92. The molecular weight excluding hydrogens is 336 g/mol. The van der Waals surface area contributed by atoms with E-state index in [4.69, 9.17) is 16.3 Å². The molecule has 1 fully saturated rings. The van der Waals surface area contributed by atoms with E-state index in [0.717, 1.165) is 47.6 Å². The highest BCUT2D eigenvalue weighted by Gasteiger charge is 2.37. The van der Waals surface area contributed by atoms with Crippen LogP contribution in [0.1, 0.15) is 18.4 Å². The van der Waals surface area contributed by atoms with Gasteiger partial charge in [-0.15, -0.1) is 0 Å². The van der Waals surface area contributed by atoms with Gasteiger partial charge in [-0.1, -0.05) is 29.8 Å². The van der Waals surface area contributed by atoms with Crippen LogP contribution < -0.4 is 9.64 Å².